The van der Waals surface area contributed by atoms with Gasteiger partial charge in [0.05, 0.1) is 5.56 Å². The van der Waals surface area contributed by atoms with Crippen LogP contribution in [0.5, 0.6) is 0 Å². The molecule has 4 rings (SSSR count). The van der Waals surface area contributed by atoms with Crippen molar-refractivity contribution < 1.29 is 4.79 Å². The van der Waals surface area contributed by atoms with E-state index in [4.69, 9.17) is 0 Å². The van der Waals surface area contributed by atoms with Crippen LogP contribution in [0.4, 0.5) is 5.82 Å². The van der Waals surface area contributed by atoms with E-state index in [9.17, 15) is 4.79 Å². The number of hydrogen-bond acceptors (Lipinski definition) is 4. The fourth-order valence-corrected chi connectivity index (χ4v) is 3.78. The van der Waals surface area contributed by atoms with Gasteiger partial charge in [-0.1, -0.05) is 18.2 Å². The van der Waals surface area contributed by atoms with Gasteiger partial charge in [0.2, 0.25) is 0 Å². The summed E-state index contributed by atoms with van der Waals surface area (Å²) in [6, 6.07) is 12.2. The first-order valence-corrected chi connectivity index (χ1v) is 9.82. The lowest BCUT2D eigenvalue weighted by Crippen LogP contribution is -2.44. The molecule has 6 nitrogen and oxygen atoms in total. The maximum Gasteiger partial charge on any atom is 0.252 e. The van der Waals surface area contributed by atoms with Gasteiger partial charge >= 0.3 is 0 Å². The van der Waals surface area contributed by atoms with E-state index in [0.29, 0.717) is 12.1 Å². The molecule has 6 heteroatoms. The molecule has 1 aliphatic heterocycles. The summed E-state index contributed by atoms with van der Waals surface area (Å²) in [4.78, 5) is 21.5. The quantitative estimate of drug-likeness (QED) is 0.741. The highest BCUT2D eigenvalue weighted by Crippen LogP contribution is 2.20. The minimum Gasteiger partial charge on any atom is -0.354 e. The molecule has 2 aromatic heterocycles. The molecule has 0 saturated carbocycles. The Kier molecular flexibility index (Phi) is 5.30. The van der Waals surface area contributed by atoms with Crippen LogP contribution in [0.1, 0.15) is 15.9 Å². The van der Waals surface area contributed by atoms with E-state index in [1.165, 1.54) is 16.5 Å². The highest BCUT2D eigenvalue weighted by Gasteiger charge is 2.16. The first kappa shape index (κ1) is 18.5. The molecule has 1 saturated heterocycles. The average Bonchev–Trinajstić information content (AvgIpc) is 3.05. The molecule has 1 amide bonds. The number of rotatable bonds is 5. The lowest BCUT2D eigenvalue weighted by molar-refractivity contribution is 0.0954. The van der Waals surface area contributed by atoms with Crippen molar-refractivity contribution in [1.29, 1.82) is 0 Å². The van der Waals surface area contributed by atoms with Crippen molar-refractivity contribution in [2.45, 2.75) is 6.42 Å². The Bertz CT molecular complexity index is 955. The number of aryl methyl sites for hydroxylation is 1. The summed E-state index contributed by atoms with van der Waals surface area (Å²) < 4.78 is 2.13. The highest BCUT2D eigenvalue weighted by molar-refractivity contribution is 5.94. The second kappa shape index (κ2) is 8.02. The maximum atomic E-state index is 12.5. The second-order valence-corrected chi connectivity index (χ2v) is 7.48. The van der Waals surface area contributed by atoms with E-state index in [-0.39, 0.29) is 5.91 Å². The van der Waals surface area contributed by atoms with Crippen molar-refractivity contribution in [3.05, 3.63) is 59.9 Å². The van der Waals surface area contributed by atoms with Gasteiger partial charge < -0.3 is 19.7 Å². The molecule has 146 valence electrons. The third kappa shape index (κ3) is 3.87. The van der Waals surface area contributed by atoms with Gasteiger partial charge in [-0.2, -0.15) is 0 Å². The van der Waals surface area contributed by atoms with E-state index < -0.39 is 0 Å². The van der Waals surface area contributed by atoms with Crippen LogP contribution < -0.4 is 10.2 Å². The van der Waals surface area contributed by atoms with Crippen molar-refractivity contribution >= 4 is 22.6 Å². The van der Waals surface area contributed by atoms with Crippen LogP contribution >= 0.6 is 0 Å². The van der Waals surface area contributed by atoms with Crippen LogP contribution in [0.2, 0.25) is 0 Å². The Morgan fingerprint density at radius 1 is 1.07 bits per heavy atom. The topological polar surface area (TPSA) is 53.4 Å². The van der Waals surface area contributed by atoms with Crippen LogP contribution in [0, 0.1) is 0 Å². The zero-order valence-electron chi connectivity index (χ0n) is 16.6. The molecule has 0 spiro atoms. The fraction of sp³-hybridized carbons (Fsp3) is 0.364. The molecule has 0 radical (unpaired) electrons. The first-order valence-electron chi connectivity index (χ1n) is 9.82. The molecule has 0 atom stereocenters. The average molecular weight is 377 g/mol. The third-order valence-electron chi connectivity index (χ3n) is 5.50. The summed E-state index contributed by atoms with van der Waals surface area (Å²) in [7, 11) is 4.19. The molecule has 3 heterocycles. The number of nitrogens with one attached hydrogen (secondary N) is 1. The summed E-state index contributed by atoms with van der Waals surface area (Å²) in [5.74, 6) is 0.873. The molecule has 1 N–H and O–H groups in total. The largest absolute Gasteiger partial charge is 0.354 e. The Morgan fingerprint density at radius 2 is 1.86 bits per heavy atom. The second-order valence-electron chi connectivity index (χ2n) is 7.48. The van der Waals surface area contributed by atoms with Crippen molar-refractivity contribution in [3.63, 3.8) is 0 Å². The summed E-state index contributed by atoms with van der Waals surface area (Å²) >= 11 is 0. The Labute approximate surface area is 165 Å². The van der Waals surface area contributed by atoms with Gasteiger partial charge in [-0.25, -0.2) is 4.98 Å². The molecule has 1 aromatic carbocycles. The van der Waals surface area contributed by atoms with E-state index in [1.807, 2.05) is 18.2 Å². The number of hydrogen-bond donors (Lipinski definition) is 1. The minimum absolute atomic E-state index is 0.0716. The van der Waals surface area contributed by atoms with E-state index in [2.05, 4.69) is 63.2 Å². The van der Waals surface area contributed by atoms with Crippen LogP contribution in [0.25, 0.3) is 10.9 Å². The minimum atomic E-state index is -0.0716. The van der Waals surface area contributed by atoms with E-state index >= 15 is 0 Å². The zero-order valence-corrected chi connectivity index (χ0v) is 16.6. The smallest absolute Gasteiger partial charge is 0.252 e. The normalized spacial score (nSPS) is 15.1. The standard InChI is InChI=1S/C22H27N5O/c1-25-11-13-27(14-12-25)21-8-7-17(15-24-21)22(28)23-10-9-18-16-26(2)20-6-4-3-5-19(18)20/h3-8,15-16H,9-14H2,1-2H3,(H,23,28). The van der Waals surface area contributed by atoms with Gasteiger partial charge in [-0.3, -0.25) is 4.79 Å². The van der Waals surface area contributed by atoms with Crippen molar-refractivity contribution in [3.8, 4) is 0 Å². The first-order chi connectivity index (χ1) is 13.6. The molecule has 1 aliphatic rings. The summed E-state index contributed by atoms with van der Waals surface area (Å²) in [6.45, 7) is 4.63. The van der Waals surface area contributed by atoms with Crippen LogP contribution in [0.3, 0.4) is 0 Å². The summed E-state index contributed by atoms with van der Waals surface area (Å²) in [5.41, 5.74) is 3.07. The Morgan fingerprint density at radius 3 is 2.61 bits per heavy atom. The lowest BCUT2D eigenvalue weighted by atomic mass is 10.1. The van der Waals surface area contributed by atoms with Crippen molar-refractivity contribution in [2.75, 3.05) is 44.7 Å². The summed E-state index contributed by atoms with van der Waals surface area (Å²) in [5, 5.41) is 4.27. The number of pyridine rings is 1. The maximum absolute atomic E-state index is 12.5. The molecule has 0 bridgehead atoms. The van der Waals surface area contributed by atoms with Gasteiger partial charge in [0, 0.05) is 63.1 Å². The third-order valence-corrected chi connectivity index (χ3v) is 5.50. The van der Waals surface area contributed by atoms with E-state index in [1.54, 1.807) is 6.20 Å². The molecular formula is C22H27N5O. The predicted molar refractivity (Wildman–Crippen MR) is 113 cm³/mol. The van der Waals surface area contributed by atoms with Gasteiger partial charge in [0.15, 0.2) is 0 Å². The van der Waals surface area contributed by atoms with Crippen LogP contribution in [-0.4, -0.2) is 60.1 Å². The van der Waals surface area contributed by atoms with Crippen LogP contribution in [-0.2, 0) is 13.5 Å². The number of anilines is 1. The monoisotopic (exact) mass is 377 g/mol. The number of piperazine rings is 1. The Hall–Kier alpha value is -2.86. The number of benzene rings is 1. The number of likely N-dealkylation sites (N-methyl/N-ethyl adjacent to an activating group) is 1. The van der Waals surface area contributed by atoms with E-state index in [0.717, 1.165) is 38.4 Å². The molecular weight excluding hydrogens is 350 g/mol. The fourth-order valence-electron chi connectivity index (χ4n) is 3.78. The molecule has 0 unspecified atom stereocenters. The molecule has 3 aromatic rings. The van der Waals surface area contributed by atoms with Gasteiger partial charge in [0.1, 0.15) is 5.82 Å². The predicted octanol–water partition coefficient (Wildman–Crippen LogP) is 2.30. The summed E-state index contributed by atoms with van der Waals surface area (Å²) in [6.07, 6.45) is 4.63. The Balaban J connectivity index is 1.33. The molecule has 0 aliphatic carbocycles. The zero-order chi connectivity index (χ0) is 19.5. The van der Waals surface area contributed by atoms with Gasteiger partial charge in [-0.15, -0.1) is 0 Å². The lowest BCUT2D eigenvalue weighted by Gasteiger charge is -2.33. The number of fused-ring (bicyclic) bond motifs is 1. The van der Waals surface area contributed by atoms with Crippen molar-refractivity contribution in [2.24, 2.45) is 7.05 Å². The number of amides is 1. The van der Waals surface area contributed by atoms with Gasteiger partial charge in [0.25, 0.3) is 5.91 Å². The number of carbonyl (C=O) groups is 1. The number of carbonyl (C=O) groups excluding carboxylic acids is 1. The molecule has 28 heavy (non-hydrogen) atoms. The molecule has 1 fully saturated rings. The number of nitrogens with zero attached hydrogens (tertiary/aromatic N) is 4. The SMILES string of the molecule is CN1CCN(c2ccc(C(=O)NCCc3cn(C)c4ccccc34)cn2)CC1. The highest BCUT2D eigenvalue weighted by atomic mass is 16.1. The van der Waals surface area contributed by atoms with Gasteiger partial charge in [-0.05, 0) is 37.2 Å². The number of para-hydroxylation sites is 1. The number of aromatic nitrogens is 2. The van der Waals surface area contributed by atoms with Crippen LogP contribution in [0.15, 0.2) is 48.8 Å². The van der Waals surface area contributed by atoms with Crippen molar-refractivity contribution in [1.82, 2.24) is 19.8 Å².